The van der Waals surface area contributed by atoms with Gasteiger partial charge in [0.25, 0.3) is 0 Å². The van der Waals surface area contributed by atoms with Crippen molar-refractivity contribution in [2.24, 2.45) is 12.9 Å². The molecule has 0 aliphatic heterocycles. The van der Waals surface area contributed by atoms with Gasteiger partial charge in [0.15, 0.2) is 5.82 Å². The molecule has 1 atom stereocenters. The summed E-state index contributed by atoms with van der Waals surface area (Å²) in [6, 6.07) is 8.40. The number of hydrazine groups is 1. The highest BCUT2D eigenvalue weighted by atomic mass is 15.6. The third-order valence-electron chi connectivity index (χ3n) is 2.94. The van der Waals surface area contributed by atoms with Crippen LogP contribution in [0.15, 0.2) is 24.3 Å². The summed E-state index contributed by atoms with van der Waals surface area (Å²) in [6.07, 6.45) is 1.51. The molecule has 1 heterocycles. The van der Waals surface area contributed by atoms with Gasteiger partial charge in [0.05, 0.1) is 7.05 Å². The molecule has 0 amide bonds. The number of hydrogen-bond acceptors (Lipinski definition) is 5. The van der Waals surface area contributed by atoms with Gasteiger partial charge in [-0.1, -0.05) is 24.3 Å². The quantitative estimate of drug-likeness (QED) is 0.579. The number of aromatic nitrogens is 4. The Balaban J connectivity index is 2.04. The highest BCUT2D eigenvalue weighted by Crippen LogP contribution is 2.11. The smallest absolute Gasteiger partial charge is 0.176 e. The number of nitrogens with two attached hydrogens (primary N) is 1. The minimum Gasteiger partial charge on any atom is -0.271 e. The van der Waals surface area contributed by atoms with E-state index in [-0.39, 0.29) is 6.04 Å². The molecule has 0 aliphatic carbocycles. The summed E-state index contributed by atoms with van der Waals surface area (Å²) < 4.78 is 0. The number of aryl methyl sites for hydroxylation is 2. The third kappa shape index (κ3) is 3.12. The second kappa shape index (κ2) is 5.70. The van der Waals surface area contributed by atoms with Crippen molar-refractivity contribution in [3.8, 4) is 0 Å². The number of benzene rings is 1. The number of nitrogens with one attached hydrogen (secondary N) is 1. The molecule has 0 saturated carbocycles. The first-order valence-electron chi connectivity index (χ1n) is 5.92. The number of tetrazole rings is 1. The molecule has 96 valence electrons. The summed E-state index contributed by atoms with van der Waals surface area (Å²) in [6.45, 7) is 2.10. The Morgan fingerprint density at radius 1 is 1.33 bits per heavy atom. The van der Waals surface area contributed by atoms with Crippen LogP contribution in [-0.2, 0) is 19.9 Å². The molecule has 6 heteroatoms. The number of nitrogens with zero attached hydrogens (tertiary/aromatic N) is 4. The van der Waals surface area contributed by atoms with Gasteiger partial charge in [-0.05, 0) is 29.7 Å². The molecule has 0 spiro atoms. The lowest BCUT2D eigenvalue weighted by molar-refractivity contribution is 0.509. The van der Waals surface area contributed by atoms with Crippen LogP contribution in [-0.4, -0.2) is 26.2 Å². The van der Waals surface area contributed by atoms with Crippen molar-refractivity contribution in [1.82, 2.24) is 25.6 Å². The lowest BCUT2D eigenvalue weighted by Gasteiger charge is -2.15. The molecule has 0 bridgehead atoms. The molecule has 1 aromatic heterocycles. The minimum atomic E-state index is 0.107. The van der Waals surface area contributed by atoms with Gasteiger partial charge >= 0.3 is 0 Å². The fourth-order valence-corrected chi connectivity index (χ4v) is 1.92. The highest BCUT2D eigenvalue weighted by Gasteiger charge is 2.13. The summed E-state index contributed by atoms with van der Waals surface area (Å²) in [4.78, 5) is 1.46. The van der Waals surface area contributed by atoms with Crippen LogP contribution in [0.4, 0.5) is 0 Å². The highest BCUT2D eigenvalue weighted by molar-refractivity contribution is 5.26. The maximum atomic E-state index is 5.59. The lowest BCUT2D eigenvalue weighted by atomic mass is 9.99. The predicted octanol–water partition coefficient (Wildman–Crippen LogP) is 0.136. The Morgan fingerprint density at radius 3 is 2.72 bits per heavy atom. The van der Waals surface area contributed by atoms with Gasteiger partial charge in [0.2, 0.25) is 0 Å². The summed E-state index contributed by atoms with van der Waals surface area (Å²) in [5.41, 5.74) is 5.37. The zero-order valence-electron chi connectivity index (χ0n) is 10.7. The third-order valence-corrected chi connectivity index (χ3v) is 2.94. The molecule has 3 N–H and O–H groups in total. The van der Waals surface area contributed by atoms with E-state index in [9.17, 15) is 0 Å². The molecule has 1 unspecified atom stereocenters. The first-order chi connectivity index (χ1) is 8.69. The van der Waals surface area contributed by atoms with E-state index in [0.717, 1.165) is 6.42 Å². The van der Waals surface area contributed by atoms with Crippen molar-refractivity contribution in [1.29, 1.82) is 0 Å². The monoisotopic (exact) mass is 246 g/mol. The summed E-state index contributed by atoms with van der Waals surface area (Å²) in [5, 5.41) is 12.0. The first-order valence-corrected chi connectivity index (χ1v) is 5.92. The predicted molar refractivity (Wildman–Crippen MR) is 68.5 cm³/mol. The van der Waals surface area contributed by atoms with E-state index in [0.29, 0.717) is 12.2 Å². The van der Waals surface area contributed by atoms with E-state index in [1.165, 1.54) is 15.9 Å². The Labute approximate surface area is 106 Å². The normalized spacial score (nSPS) is 12.6. The van der Waals surface area contributed by atoms with Crippen LogP contribution >= 0.6 is 0 Å². The molecule has 1 aromatic carbocycles. The number of rotatable bonds is 5. The Kier molecular flexibility index (Phi) is 4.01. The van der Waals surface area contributed by atoms with E-state index >= 15 is 0 Å². The van der Waals surface area contributed by atoms with Gasteiger partial charge in [-0.3, -0.25) is 11.3 Å². The van der Waals surface area contributed by atoms with Gasteiger partial charge in [-0.2, -0.15) is 4.80 Å². The molecule has 0 aliphatic rings. The van der Waals surface area contributed by atoms with E-state index in [1.54, 1.807) is 7.05 Å². The molecular formula is C12H18N6. The largest absolute Gasteiger partial charge is 0.271 e. The van der Waals surface area contributed by atoms with Crippen molar-refractivity contribution in [3.63, 3.8) is 0 Å². The Morgan fingerprint density at radius 2 is 2.11 bits per heavy atom. The van der Waals surface area contributed by atoms with Crippen molar-refractivity contribution >= 4 is 0 Å². The second-order valence-corrected chi connectivity index (χ2v) is 4.39. The Hall–Kier alpha value is -1.79. The van der Waals surface area contributed by atoms with Gasteiger partial charge in [0, 0.05) is 12.5 Å². The van der Waals surface area contributed by atoms with Crippen LogP contribution in [0, 0.1) is 6.92 Å². The van der Waals surface area contributed by atoms with Crippen LogP contribution in [0.1, 0.15) is 17.0 Å². The van der Waals surface area contributed by atoms with Crippen LogP contribution < -0.4 is 11.3 Å². The van der Waals surface area contributed by atoms with Gasteiger partial charge in [0.1, 0.15) is 0 Å². The summed E-state index contributed by atoms with van der Waals surface area (Å²) in [5.74, 6) is 6.30. The molecular weight excluding hydrogens is 228 g/mol. The minimum absolute atomic E-state index is 0.107. The van der Waals surface area contributed by atoms with Crippen LogP contribution in [0.5, 0.6) is 0 Å². The van der Waals surface area contributed by atoms with Gasteiger partial charge in [-0.25, -0.2) is 0 Å². The van der Waals surface area contributed by atoms with Crippen molar-refractivity contribution in [2.75, 3.05) is 0 Å². The molecule has 6 nitrogen and oxygen atoms in total. The van der Waals surface area contributed by atoms with E-state index in [2.05, 4.69) is 39.9 Å². The van der Waals surface area contributed by atoms with E-state index in [4.69, 9.17) is 5.84 Å². The SMILES string of the molecule is Cc1ccccc1CC(Cc1nnn(C)n1)NN. The fourth-order valence-electron chi connectivity index (χ4n) is 1.92. The van der Waals surface area contributed by atoms with Crippen LogP contribution in [0.3, 0.4) is 0 Å². The summed E-state index contributed by atoms with van der Waals surface area (Å²) in [7, 11) is 1.75. The number of hydrogen-bond donors (Lipinski definition) is 2. The van der Waals surface area contributed by atoms with E-state index in [1.807, 2.05) is 12.1 Å². The van der Waals surface area contributed by atoms with Crippen molar-refractivity contribution in [2.45, 2.75) is 25.8 Å². The maximum Gasteiger partial charge on any atom is 0.176 e. The fraction of sp³-hybridized carbons (Fsp3) is 0.417. The second-order valence-electron chi connectivity index (χ2n) is 4.39. The molecule has 18 heavy (non-hydrogen) atoms. The molecule has 0 saturated heterocycles. The standard InChI is InChI=1S/C12H18N6/c1-9-5-3-4-6-10(9)7-11(14-13)8-12-15-17-18(2)16-12/h3-6,11,14H,7-8,13H2,1-2H3. The zero-order chi connectivity index (χ0) is 13.0. The molecule has 2 rings (SSSR count). The topological polar surface area (TPSA) is 81.7 Å². The van der Waals surface area contributed by atoms with E-state index < -0.39 is 0 Å². The Bertz CT molecular complexity index is 507. The van der Waals surface area contributed by atoms with Crippen molar-refractivity contribution in [3.05, 3.63) is 41.2 Å². The zero-order valence-corrected chi connectivity index (χ0v) is 10.7. The van der Waals surface area contributed by atoms with Crippen LogP contribution in [0.2, 0.25) is 0 Å². The molecule has 2 aromatic rings. The van der Waals surface area contributed by atoms with Gasteiger partial charge in [-0.15, -0.1) is 10.2 Å². The molecule has 0 fully saturated rings. The molecule has 0 radical (unpaired) electrons. The van der Waals surface area contributed by atoms with Crippen molar-refractivity contribution < 1.29 is 0 Å². The lowest BCUT2D eigenvalue weighted by Crippen LogP contribution is -2.38. The van der Waals surface area contributed by atoms with Gasteiger partial charge < -0.3 is 0 Å². The average molecular weight is 246 g/mol. The first kappa shape index (κ1) is 12.7. The average Bonchev–Trinajstić information content (AvgIpc) is 2.76. The summed E-state index contributed by atoms with van der Waals surface area (Å²) >= 11 is 0. The maximum absolute atomic E-state index is 5.59. The van der Waals surface area contributed by atoms with Crippen LogP contribution in [0.25, 0.3) is 0 Å².